The maximum absolute atomic E-state index is 12.1. The predicted molar refractivity (Wildman–Crippen MR) is 79.2 cm³/mol. The zero-order chi connectivity index (χ0) is 13.2. The van der Waals surface area contributed by atoms with E-state index < -0.39 is 0 Å². The molecule has 2 heterocycles. The lowest BCUT2D eigenvalue weighted by Crippen LogP contribution is -2.30. The number of amides is 1. The van der Waals surface area contributed by atoms with Crippen LogP contribution in [0.25, 0.3) is 0 Å². The molecule has 7 heteroatoms. The van der Waals surface area contributed by atoms with Crippen molar-refractivity contribution in [3.63, 3.8) is 0 Å². The van der Waals surface area contributed by atoms with Crippen molar-refractivity contribution < 1.29 is 14.3 Å². The van der Waals surface area contributed by atoms with Gasteiger partial charge in [-0.1, -0.05) is 0 Å². The summed E-state index contributed by atoms with van der Waals surface area (Å²) in [7, 11) is 0. The van der Waals surface area contributed by atoms with Gasteiger partial charge in [0.05, 0.1) is 16.6 Å². The van der Waals surface area contributed by atoms with Crippen LogP contribution >= 0.6 is 23.5 Å². The molecule has 1 aromatic rings. The number of benzene rings is 1. The lowest BCUT2D eigenvalue weighted by molar-refractivity contribution is -0.115. The third-order valence-electron chi connectivity index (χ3n) is 2.91. The van der Waals surface area contributed by atoms with E-state index in [0.717, 1.165) is 17.3 Å². The molecule has 0 aliphatic carbocycles. The molecule has 2 aliphatic rings. The molecular weight excluding hydrogens is 284 g/mol. The summed E-state index contributed by atoms with van der Waals surface area (Å²) < 4.78 is 10.5. The highest BCUT2D eigenvalue weighted by Gasteiger charge is 2.24. The first-order valence-electron chi connectivity index (χ1n) is 5.93. The van der Waals surface area contributed by atoms with Gasteiger partial charge in [-0.2, -0.15) is 11.8 Å². The SMILES string of the molecule is Nc1cc2c(cc1NC(=O)C1CSCCS1)OCO2. The van der Waals surface area contributed by atoms with Crippen LogP contribution < -0.4 is 20.5 Å². The molecule has 1 aromatic carbocycles. The van der Waals surface area contributed by atoms with Crippen molar-refractivity contribution >= 4 is 40.8 Å². The van der Waals surface area contributed by atoms with E-state index in [-0.39, 0.29) is 18.0 Å². The second kappa shape index (κ2) is 5.42. The van der Waals surface area contributed by atoms with Gasteiger partial charge in [-0.25, -0.2) is 0 Å². The standard InChI is InChI=1S/C12H14N2O3S2/c13-7-3-9-10(17-6-16-9)4-8(7)14-12(15)11-5-18-1-2-19-11/h3-4,11H,1-2,5-6,13H2,(H,14,15). The Morgan fingerprint density at radius 3 is 2.84 bits per heavy atom. The summed E-state index contributed by atoms with van der Waals surface area (Å²) in [4.78, 5) is 12.1. The van der Waals surface area contributed by atoms with E-state index in [2.05, 4.69) is 5.32 Å². The summed E-state index contributed by atoms with van der Waals surface area (Å²) in [6.07, 6.45) is 0. The average Bonchev–Trinajstić information content (AvgIpc) is 2.87. The highest BCUT2D eigenvalue weighted by Crippen LogP contribution is 2.38. The lowest BCUT2D eigenvalue weighted by atomic mass is 10.2. The third-order valence-corrected chi connectivity index (χ3v) is 5.67. The summed E-state index contributed by atoms with van der Waals surface area (Å²) in [5.74, 6) is 4.22. The van der Waals surface area contributed by atoms with E-state index in [9.17, 15) is 4.79 Å². The summed E-state index contributed by atoms with van der Waals surface area (Å²) in [5.41, 5.74) is 6.99. The van der Waals surface area contributed by atoms with E-state index in [0.29, 0.717) is 22.9 Å². The van der Waals surface area contributed by atoms with Crippen molar-refractivity contribution in [2.75, 3.05) is 35.1 Å². The highest BCUT2D eigenvalue weighted by atomic mass is 32.2. The number of hydrogen-bond donors (Lipinski definition) is 2. The minimum absolute atomic E-state index is 0.00256. The normalized spacial score (nSPS) is 21.2. The first-order chi connectivity index (χ1) is 9.24. The molecule has 5 nitrogen and oxygen atoms in total. The van der Waals surface area contributed by atoms with Gasteiger partial charge in [0.15, 0.2) is 11.5 Å². The van der Waals surface area contributed by atoms with Crippen LogP contribution in [0, 0.1) is 0 Å². The van der Waals surface area contributed by atoms with Crippen LogP contribution in [-0.4, -0.2) is 35.2 Å². The molecule has 3 rings (SSSR count). The fourth-order valence-electron chi connectivity index (χ4n) is 1.92. The first kappa shape index (κ1) is 12.8. The van der Waals surface area contributed by atoms with Gasteiger partial charge in [-0.05, 0) is 0 Å². The number of ether oxygens (including phenoxy) is 2. The molecule has 1 saturated heterocycles. The second-order valence-electron chi connectivity index (χ2n) is 4.22. The minimum atomic E-state index is -0.0106. The number of carbonyl (C=O) groups excluding carboxylic acids is 1. The Hall–Kier alpha value is -1.21. The smallest absolute Gasteiger partial charge is 0.238 e. The molecule has 102 valence electrons. The van der Waals surface area contributed by atoms with E-state index in [1.54, 1.807) is 23.9 Å². The quantitative estimate of drug-likeness (QED) is 0.811. The number of fused-ring (bicyclic) bond motifs is 1. The number of nitrogens with one attached hydrogen (secondary N) is 1. The molecule has 1 atom stereocenters. The number of thioether (sulfide) groups is 2. The van der Waals surface area contributed by atoms with Crippen LogP contribution in [0.4, 0.5) is 11.4 Å². The van der Waals surface area contributed by atoms with Crippen molar-refractivity contribution in [3.05, 3.63) is 12.1 Å². The fourth-order valence-corrected chi connectivity index (χ4v) is 4.48. The summed E-state index contributed by atoms with van der Waals surface area (Å²) in [6, 6.07) is 3.40. The molecule has 0 aromatic heterocycles. The van der Waals surface area contributed by atoms with Gasteiger partial charge in [0.25, 0.3) is 0 Å². The number of rotatable bonds is 2. The van der Waals surface area contributed by atoms with Gasteiger partial charge in [-0.3, -0.25) is 4.79 Å². The number of anilines is 2. The van der Waals surface area contributed by atoms with Crippen molar-refractivity contribution in [1.29, 1.82) is 0 Å². The largest absolute Gasteiger partial charge is 0.454 e. The molecular formula is C12H14N2O3S2. The van der Waals surface area contributed by atoms with Crippen LogP contribution in [0.5, 0.6) is 11.5 Å². The van der Waals surface area contributed by atoms with Crippen molar-refractivity contribution in [2.45, 2.75) is 5.25 Å². The molecule has 3 N–H and O–H groups in total. The molecule has 1 unspecified atom stereocenters. The Morgan fingerprint density at radius 2 is 2.11 bits per heavy atom. The third kappa shape index (κ3) is 2.71. The zero-order valence-corrected chi connectivity index (χ0v) is 11.8. The topological polar surface area (TPSA) is 73.6 Å². The maximum atomic E-state index is 12.1. The van der Waals surface area contributed by atoms with E-state index >= 15 is 0 Å². The Labute approximate surface area is 119 Å². The van der Waals surface area contributed by atoms with Crippen molar-refractivity contribution in [2.24, 2.45) is 0 Å². The Bertz CT molecular complexity index is 504. The van der Waals surface area contributed by atoms with Gasteiger partial charge in [-0.15, -0.1) is 11.8 Å². The minimum Gasteiger partial charge on any atom is -0.454 e. The maximum Gasteiger partial charge on any atom is 0.238 e. The van der Waals surface area contributed by atoms with E-state index in [4.69, 9.17) is 15.2 Å². The van der Waals surface area contributed by atoms with Gasteiger partial charge < -0.3 is 20.5 Å². The van der Waals surface area contributed by atoms with Gasteiger partial charge in [0.1, 0.15) is 0 Å². The van der Waals surface area contributed by atoms with Gasteiger partial charge in [0, 0.05) is 29.4 Å². The zero-order valence-electron chi connectivity index (χ0n) is 10.2. The average molecular weight is 298 g/mol. The lowest BCUT2D eigenvalue weighted by Gasteiger charge is -2.20. The molecule has 1 fully saturated rings. The van der Waals surface area contributed by atoms with Gasteiger partial charge >= 0.3 is 0 Å². The number of carbonyl (C=O) groups is 1. The van der Waals surface area contributed by atoms with Crippen LogP contribution in [0.3, 0.4) is 0 Å². The molecule has 1 amide bonds. The Kier molecular flexibility index (Phi) is 3.65. The van der Waals surface area contributed by atoms with Crippen LogP contribution in [0.1, 0.15) is 0 Å². The molecule has 0 bridgehead atoms. The second-order valence-corrected chi connectivity index (χ2v) is 6.68. The Morgan fingerprint density at radius 1 is 1.32 bits per heavy atom. The number of hydrogen-bond acceptors (Lipinski definition) is 6. The molecule has 0 radical (unpaired) electrons. The predicted octanol–water partition coefficient (Wildman–Crippen LogP) is 1.78. The number of nitrogen functional groups attached to an aromatic ring is 1. The highest BCUT2D eigenvalue weighted by molar-refractivity contribution is 8.07. The number of nitrogens with two attached hydrogens (primary N) is 1. The van der Waals surface area contributed by atoms with E-state index in [1.807, 2.05) is 11.8 Å². The fraction of sp³-hybridized carbons (Fsp3) is 0.417. The van der Waals surface area contributed by atoms with Crippen LogP contribution in [0.2, 0.25) is 0 Å². The van der Waals surface area contributed by atoms with Crippen molar-refractivity contribution in [3.8, 4) is 11.5 Å². The summed E-state index contributed by atoms with van der Waals surface area (Å²) in [5, 5.41) is 2.87. The molecule has 0 saturated carbocycles. The van der Waals surface area contributed by atoms with Crippen LogP contribution in [0.15, 0.2) is 12.1 Å². The monoisotopic (exact) mass is 298 g/mol. The van der Waals surface area contributed by atoms with Gasteiger partial charge in [0.2, 0.25) is 12.7 Å². The first-order valence-corrected chi connectivity index (χ1v) is 8.14. The Balaban J connectivity index is 1.74. The van der Waals surface area contributed by atoms with Crippen molar-refractivity contribution in [1.82, 2.24) is 0 Å². The summed E-state index contributed by atoms with van der Waals surface area (Å²) >= 11 is 3.50. The molecule has 0 spiro atoms. The summed E-state index contributed by atoms with van der Waals surface area (Å²) in [6.45, 7) is 0.196. The molecule has 19 heavy (non-hydrogen) atoms. The molecule has 2 aliphatic heterocycles. The van der Waals surface area contributed by atoms with Crippen LogP contribution in [-0.2, 0) is 4.79 Å². The van der Waals surface area contributed by atoms with E-state index in [1.165, 1.54) is 0 Å².